The summed E-state index contributed by atoms with van der Waals surface area (Å²) >= 11 is 0. The zero-order valence-corrected chi connectivity index (χ0v) is 19.4. The van der Waals surface area contributed by atoms with Gasteiger partial charge in [0.2, 0.25) is 5.91 Å². The maximum Gasteiger partial charge on any atom is 0.405 e. The van der Waals surface area contributed by atoms with Crippen molar-refractivity contribution < 1.29 is 27.2 Å². The maximum atomic E-state index is 14.4. The van der Waals surface area contributed by atoms with Crippen molar-refractivity contribution in [2.75, 3.05) is 27.2 Å². The Balaban J connectivity index is 1.57. The van der Waals surface area contributed by atoms with Gasteiger partial charge < -0.3 is 15.5 Å². The summed E-state index contributed by atoms with van der Waals surface area (Å²) in [4.78, 5) is 26.5. The number of nitrogens with one attached hydrogen (secondary N) is 2. The summed E-state index contributed by atoms with van der Waals surface area (Å²) in [6.07, 6.45) is -3.41. The van der Waals surface area contributed by atoms with Crippen molar-refractivity contribution in [2.24, 2.45) is 5.92 Å². The van der Waals surface area contributed by atoms with Gasteiger partial charge in [0.15, 0.2) is 0 Å². The molecule has 0 radical (unpaired) electrons. The van der Waals surface area contributed by atoms with Crippen LogP contribution in [0, 0.1) is 11.7 Å². The highest BCUT2D eigenvalue weighted by molar-refractivity contribution is 5.94. The fourth-order valence-electron chi connectivity index (χ4n) is 4.08. The molecule has 1 saturated carbocycles. The minimum atomic E-state index is -4.57. The van der Waals surface area contributed by atoms with Crippen LogP contribution in [0.2, 0.25) is 0 Å². The quantitative estimate of drug-likeness (QED) is 0.540. The van der Waals surface area contributed by atoms with Gasteiger partial charge in [0.05, 0.1) is 5.56 Å². The number of rotatable bonds is 9. The lowest BCUT2D eigenvalue weighted by atomic mass is 9.95. The highest BCUT2D eigenvalue weighted by atomic mass is 19.4. The Labute approximate surface area is 196 Å². The molecule has 0 aliphatic heterocycles. The number of hydrogen-bond acceptors (Lipinski definition) is 3. The SMILES string of the molecule is CN(C)C(CNC(=O)[C@@H]1C[C@]1(C)c1ccccc1)Cc1ccc(C(=O)NCC(F)(F)F)c(F)c1. The minimum Gasteiger partial charge on any atom is -0.354 e. The van der Waals surface area contributed by atoms with E-state index < -0.39 is 30.0 Å². The monoisotopic (exact) mass is 479 g/mol. The summed E-state index contributed by atoms with van der Waals surface area (Å²) in [7, 11) is 3.69. The van der Waals surface area contributed by atoms with Crippen LogP contribution in [0.1, 0.15) is 34.8 Å². The highest BCUT2D eigenvalue weighted by Gasteiger charge is 2.55. The number of nitrogens with zero attached hydrogens (tertiary/aromatic N) is 1. The molecular formula is C25H29F4N3O2. The van der Waals surface area contributed by atoms with Gasteiger partial charge in [-0.05, 0) is 50.2 Å². The third-order valence-corrected chi connectivity index (χ3v) is 6.43. The standard InChI is InChI=1S/C25H29F4N3O2/c1-24(17-7-5-4-6-8-17)13-20(24)23(34)30-14-18(32(2)3)11-16-9-10-19(21(26)12-16)22(33)31-15-25(27,28)29/h4-10,12,18,20H,11,13-15H2,1-3H3,(H,30,34)(H,31,33)/t18?,20-,24+/m0/s1. The first-order valence-corrected chi connectivity index (χ1v) is 11.0. The van der Waals surface area contributed by atoms with Gasteiger partial charge in [-0.25, -0.2) is 4.39 Å². The van der Waals surface area contributed by atoms with Crippen LogP contribution in [-0.4, -0.2) is 56.1 Å². The normalized spacial score (nSPS) is 20.6. The van der Waals surface area contributed by atoms with Gasteiger partial charge in [-0.2, -0.15) is 13.2 Å². The van der Waals surface area contributed by atoms with E-state index in [1.165, 1.54) is 12.1 Å². The Morgan fingerprint density at radius 2 is 1.79 bits per heavy atom. The summed E-state index contributed by atoms with van der Waals surface area (Å²) in [6.45, 7) is 0.896. The Morgan fingerprint density at radius 3 is 2.38 bits per heavy atom. The number of amides is 2. The van der Waals surface area contributed by atoms with Crippen molar-refractivity contribution in [1.29, 1.82) is 0 Å². The van der Waals surface area contributed by atoms with Crippen LogP contribution in [0.3, 0.4) is 0 Å². The third kappa shape index (κ3) is 6.34. The molecule has 0 bridgehead atoms. The summed E-state index contributed by atoms with van der Waals surface area (Å²) < 4.78 is 51.3. The Bertz CT molecular complexity index is 1030. The van der Waals surface area contributed by atoms with Gasteiger partial charge in [-0.15, -0.1) is 0 Å². The summed E-state index contributed by atoms with van der Waals surface area (Å²) in [6, 6.07) is 13.6. The van der Waals surface area contributed by atoms with Gasteiger partial charge in [0, 0.05) is 23.9 Å². The van der Waals surface area contributed by atoms with Crippen LogP contribution < -0.4 is 10.6 Å². The minimum absolute atomic E-state index is 0.0268. The molecule has 2 N–H and O–H groups in total. The predicted molar refractivity (Wildman–Crippen MR) is 121 cm³/mol. The van der Waals surface area contributed by atoms with Crippen LogP contribution in [0.4, 0.5) is 17.6 Å². The lowest BCUT2D eigenvalue weighted by molar-refractivity contribution is -0.123. The van der Waals surface area contributed by atoms with Crippen LogP contribution >= 0.6 is 0 Å². The average molecular weight is 480 g/mol. The number of benzene rings is 2. The fraction of sp³-hybridized carbons (Fsp3) is 0.440. The first-order valence-electron chi connectivity index (χ1n) is 11.0. The van der Waals surface area contributed by atoms with Crippen LogP contribution in [-0.2, 0) is 16.6 Å². The van der Waals surface area contributed by atoms with Crippen molar-refractivity contribution in [1.82, 2.24) is 15.5 Å². The molecule has 2 aromatic rings. The lowest BCUT2D eigenvalue weighted by Gasteiger charge is -2.25. The van der Waals surface area contributed by atoms with E-state index in [0.29, 0.717) is 18.5 Å². The molecule has 184 valence electrons. The molecule has 0 aromatic heterocycles. The smallest absolute Gasteiger partial charge is 0.354 e. The average Bonchev–Trinajstić information content (AvgIpc) is 3.48. The molecule has 1 aliphatic rings. The van der Waals surface area contributed by atoms with Crippen molar-refractivity contribution in [3.8, 4) is 0 Å². The van der Waals surface area contributed by atoms with Gasteiger partial charge in [-0.3, -0.25) is 9.59 Å². The number of halogens is 4. The van der Waals surface area contributed by atoms with Gasteiger partial charge in [0.1, 0.15) is 12.4 Å². The molecule has 34 heavy (non-hydrogen) atoms. The molecule has 5 nitrogen and oxygen atoms in total. The first-order chi connectivity index (χ1) is 15.9. The fourth-order valence-corrected chi connectivity index (χ4v) is 4.08. The number of likely N-dealkylation sites (N-methyl/N-ethyl adjacent to an activating group) is 1. The van der Waals surface area contributed by atoms with Crippen LogP contribution in [0.25, 0.3) is 0 Å². The van der Waals surface area contributed by atoms with E-state index in [9.17, 15) is 27.2 Å². The summed E-state index contributed by atoms with van der Waals surface area (Å²) in [5.41, 5.74) is 1.08. The molecule has 1 fully saturated rings. The molecular weight excluding hydrogens is 450 g/mol. The molecule has 1 aliphatic carbocycles. The van der Waals surface area contributed by atoms with Crippen LogP contribution in [0.5, 0.6) is 0 Å². The molecule has 3 rings (SSSR count). The first kappa shape index (κ1) is 25.7. The number of carbonyl (C=O) groups is 2. The van der Waals surface area contributed by atoms with Crippen LogP contribution in [0.15, 0.2) is 48.5 Å². The number of carbonyl (C=O) groups excluding carboxylic acids is 2. The maximum absolute atomic E-state index is 14.4. The molecule has 3 atom stereocenters. The third-order valence-electron chi connectivity index (χ3n) is 6.43. The van der Waals surface area contributed by atoms with E-state index in [0.717, 1.165) is 18.1 Å². The van der Waals surface area contributed by atoms with E-state index >= 15 is 0 Å². The number of hydrogen-bond donors (Lipinski definition) is 2. The molecule has 2 amide bonds. The topological polar surface area (TPSA) is 61.4 Å². The second kappa shape index (κ2) is 10.1. The van der Waals surface area contributed by atoms with Crippen molar-refractivity contribution in [3.05, 3.63) is 71.0 Å². The Hall–Kier alpha value is -2.94. The lowest BCUT2D eigenvalue weighted by Crippen LogP contribution is -2.42. The second-order valence-corrected chi connectivity index (χ2v) is 9.22. The van der Waals surface area contributed by atoms with Gasteiger partial charge in [0.25, 0.3) is 5.91 Å². The molecule has 2 aromatic carbocycles. The van der Waals surface area contributed by atoms with E-state index in [4.69, 9.17) is 0 Å². The Kier molecular flexibility index (Phi) is 7.65. The molecule has 1 unspecified atom stereocenters. The molecule has 0 spiro atoms. The van der Waals surface area contributed by atoms with E-state index in [1.807, 2.05) is 49.3 Å². The Morgan fingerprint density at radius 1 is 1.12 bits per heavy atom. The second-order valence-electron chi connectivity index (χ2n) is 9.22. The zero-order chi connectivity index (χ0) is 25.1. The number of alkyl halides is 3. The van der Waals surface area contributed by atoms with E-state index in [1.54, 1.807) is 5.32 Å². The summed E-state index contributed by atoms with van der Waals surface area (Å²) in [5.74, 6) is -2.15. The summed E-state index contributed by atoms with van der Waals surface area (Å²) in [5, 5.41) is 4.67. The molecule has 0 heterocycles. The largest absolute Gasteiger partial charge is 0.405 e. The van der Waals surface area contributed by atoms with Gasteiger partial charge in [-0.1, -0.05) is 43.3 Å². The van der Waals surface area contributed by atoms with Crippen molar-refractivity contribution >= 4 is 11.8 Å². The van der Waals surface area contributed by atoms with Gasteiger partial charge >= 0.3 is 6.18 Å². The van der Waals surface area contributed by atoms with E-state index in [2.05, 4.69) is 12.2 Å². The predicted octanol–water partition coefficient (Wildman–Crippen LogP) is 3.68. The molecule has 9 heteroatoms. The molecule has 0 saturated heterocycles. The van der Waals surface area contributed by atoms with E-state index in [-0.39, 0.29) is 23.3 Å². The van der Waals surface area contributed by atoms with Crippen molar-refractivity contribution in [2.45, 2.75) is 37.4 Å². The van der Waals surface area contributed by atoms with Crippen molar-refractivity contribution in [3.63, 3.8) is 0 Å². The highest BCUT2D eigenvalue weighted by Crippen LogP contribution is 2.53. The zero-order valence-electron chi connectivity index (χ0n) is 19.4.